The number of hydrogen-bond acceptors (Lipinski definition) is 3. The number of fused-ring (bicyclic) bond motifs is 2. The molecule has 0 saturated carbocycles. The second-order valence-corrected chi connectivity index (χ2v) is 8.53. The number of benzene rings is 3. The van der Waals surface area contributed by atoms with Crippen molar-refractivity contribution in [3.8, 4) is 22.4 Å². The topological polar surface area (TPSA) is 78.9 Å². The normalized spacial score (nSPS) is 11.5. The third-order valence-electron chi connectivity index (χ3n) is 6.09. The molecule has 0 aliphatic heterocycles. The van der Waals surface area contributed by atoms with Gasteiger partial charge >= 0.3 is 5.97 Å². The fourth-order valence-electron chi connectivity index (χ4n) is 4.50. The summed E-state index contributed by atoms with van der Waals surface area (Å²) in [5.41, 5.74) is 7.49. The Morgan fingerprint density at radius 2 is 1.70 bits per heavy atom. The Balaban J connectivity index is 1.93. The lowest BCUT2D eigenvalue weighted by molar-refractivity contribution is 0.0697. The van der Waals surface area contributed by atoms with Gasteiger partial charge in [0.2, 0.25) is 0 Å². The van der Waals surface area contributed by atoms with Crippen LogP contribution in [0.3, 0.4) is 0 Å². The van der Waals surface area contributed by atoms with E-state index in [2.05, 4.69) is 30.1 Å². The number of pyridine rings is 1. The molecule has 0 bridgehead atoms. The van der Waals surface area contributed by atoms with Crippen molar-refractivity contribution >= 4 is 27.8 Å². The number of carboxylic acid groups (broad SMARTS) is 1. The molecule has 0 unspecified atom stereocenters. The highest BCUT2D eigenvalue weighted by Gasteiger charge is 2.22. The van der Waals surface area contributed by atoms with Gasteiger partial charge in [-0.05, 0) is 59.9 Å². The highest BCUT2D eigenvalue weighted by atomic mass is 19.1. The molecule has 0 atom stereocenters. The minimum absolute atomic E-state index is 0.108. The van der Waals surface area contributed by atoms with E-state index in [9.17, 15) is 14.3 Å². The summed E-state index contributed by atoms with van der Waals surface area (Å²) < 4.78 is 13.8. The van der Waals surface area contributed by atoms with Crippen molar-refractivity contribution in [2.75, 3.05) is 0 Å². The van der Waals surface area contributed by atoms with Crippen LogP contribution in [0.2, 0.25) is 0 Å². The summed E-state index contributed by atoms with van der Waals surface area (Å²) in [6, 6.07) is 15.4. The Morgan fingerprint density at radius 1 is 1.03 bits per heavy atom. The maximum atomic E-state index is 13.8. The summed E-state index contributed by atoms with van der Waals surface area (Å²) >= 11 is 0. The van der Waals surface area contributed by atoms with Crippen LogP contribution in [0, 0.1) is 12.7 Å². The average Bonchev–Trinajstić information content (AvgIpc) is 3.28. The van der Waals surface area contributed by atoms with E-state index in [4.69, 9.17) is 4.98 Å². The van der Waals surface area contributed by atoms with Crippen LogP contribution in [0.5, 0.6) is 0 Å². The van der Waals surface area contributed by atoms with Crippen LogP contribution in [0.25, 0.3) is 44.2 Å². The summed E-state index contributed by atoms with van der Waals surface area (Å²) in [6.45, 7) is 6.22. The lowest BCUT2D eigenvalue weighted by Crippen LogP contribution is -2.03. The molecule has 0 aliphatic carbocycles. The Morgan fingerprint density at radius 3 is 2.33 bits per heavy atom. The summed E-state index contributed by atoms with van der Waals surface area (Å²) in [5.74, 6) is -1.15. The molecule has 0 radical (unpaired) electrons. The van der Waals surface area contributed by atoms with Crippen molar-refractivity contribution in [2.45, 2.75) is 26.7 Å². The van der Waals surface area contributed by atoms with Gasteiger partial charge in [-0.2, -0.15) is 5.10 Å². The molecule has 164 valence electrons. The van der Waals surface area contributed by atoms with Gasteiger partial charge in [0.25, 0.3) is 0 Å². The van der Waals surface area contributed by atoms with Crippen LogP contribution in [-0.4, -0.2) is 26.3 Å². The first-order valence-electron chi connectivity index (χ1n) is 10.7. The maximum Gasteiger partial charge on any atom is 0.335 e. The van der Waals surface area contributed by atoms with Crippen LogP contribution in [0.15, 0.2) is 60.8 Å². The first-order valence-corrected chi connectivity index (χ1v) is 10.7. The van der Waals surface area contributed by atoms with Crippen molar-refractivity contribution < 1.29 is 14.3 Å². The summed E-state index contributed by atoms with van der Waals surface area (Å²) in [4.78, 5) is 16.5. The number of rotatable bonds is 4. The van der Waals surface area contributed by atoms with Gasteiger partial charge in [0.15, 0.2) is 0 Å². The van der Waals surface area contributed by atoms with E-state index in [1.165, 1.54) is 12.1 Å². The van der Waals surface area contributed by atoms with Crippen molar-refractivity contribution in [3.05, 3.63) is 83.3 Å². The monoisotopic (exact) mass is 439 g/mol. The molecule has 5 aromatic rings. The first kappa shape index (κ1) is 20.8. The standard InChI is InChI=1S/C27H22FN3O2/c1-14(2)22-23(16-8-10-20(28)11-9-16)21-12-19-13-29-31-24(19)15(3)25(21)30-26(22)17-4-6-18(7-5-17)27(32)33/h4-14H,1-3H3,(H,29,31)(H,32,33). The zero-order valence-corrected chi connectivity index (χ0v) is 18.5. The van der Waals surface area contributed by atoms with E-state index in [1.54, 1.807) is 42.6 Å². The minimum atomic E-state index is -0.971. The molecule has 0 fully saturated rings. The molecule has 2 N–H and O–H groups in total. The molecule has 0 spiro atoms. The van der Waals surface area contributed by atoms with Gasteiger partial charge in [0.05, 0.1) is 28.5 Å². The van der Waals surface area contributed by atoms with Gasteiger partial charge in [-0.3, -0.25) is 5.10 Å². The van der Waals surface area contributed by atoms with Crippen LogP contribution in [0.1, 0.15) is 41.3 Å². The zero-order chi connectivity index (χ0) is 23.3. The molecule has 0 aliphatic rings. The van der Waals surface area contributed by atoms with E-state index in [0.29, 0.717) is 0 Å². The van der Waals surface area contributed by atoms with E-state index in [0.717, 1.165) is 55.3 Å². The van der Waals surface area contributed by atoms with Crippen LogP contribution in [-0.2, 0) is 0 Å². The fourth-order valence-corrected chi connectivity index (χ4v) is 4.50. The number of aromatic nitrogens is 3. The predicted molar refractivity (Wildman–Crippen MR) is 128 cm³/mol. The number of hydrogen-bond donors (Lipinski definition) is 2. The molecule has 0 amide bonds. The number of aromatic carboxylic acids is 1. The number of nitrogens with one attached hydrogen (secondary N) is 1. The van der Waals surface area contributed by atoms with Gasteiger partial charge in [-0.25, -0.2) is 14.2 Å². The van der Waals surface area contributed by atoms with Crippen molar-refractivity contribution in [1.82, 2.24) is 15.2 Å². The van der Waals surface area contributed by atoms with Crippen molar-refractivity contribution in [1.29, 1.82) is 0 Å². The van der Waals surface area contributed by atoms with Crippen LogP contribution < -0.4 is 0 Å². The fraction of sp³-hybridized carbons (Fsp3) is 0.148. The van der Waals surface area contributed by atoms with Gasteiger partial charge in [-0.1, -0.05) is 38.1 Å². The smallest absolute Gasteiger partial charge is 0.335 e. The van der Waals surface area contributed by atoms with E-state index < -0.39 is 5.97 Å². The summed E-state index contributed by atoms with van der Waals surface area (Å²) in [5, 5.41) is 18.5. The third kappa shape index (κ3) is 3.44. The lowest BCUT2D eigenvalue weighted by Gasteiger charge is -2.21. The molecule has 33 heavy (non-hydrogen) atoms. The largest absolute Gasteiger partial charge is 0.478 e. The lowest BCUT2D eigenvalue weighted by atomic mass is 9.85. The number of aromatic amines is 1. The third-order valence-corrected chi connectivity index (χ3v) is 6.09. The number of carbonyl (C=O) groups is 1. The van der Waals surface area contributed by atoms with Crippen molar-refractivity contribution in [3.63, 3.8) is 0 Å². The molecule has 2 heterocycles. The highest BCUT2D eigenvalue weighted by molar-refractivity contribution is 6.07. The average molecular weight is 439 g/mol. The number of halogens is 1. The molecule has 5 rings (SSSR count). The Labute approximate surface area is 189 Å². The summed E-state index contributed by atoms with van der Waals surface area (Å²) in [7, 11) is 0. The van der Waals surface area contributed by atoms with E-state index in [1.807, 2.05) is 6.92 Å². The SMILES string of the molecule is Cc1c2nc(-c3ccc(C(=O)O)cc3)c(C(C)C)c(-c3ccc(F)cc3)c2cc2cn[nH]c12. The Bertz CT molecular complexity index is 1520. The van der Waals surface area contributed by atoms with Crippen LogP contribution >= 0.6 is 0 Å². The predicted octanol–water partition coefficient (Wildman–Crippen LogP) is 6.71. The van der Waals surface area contributed by atoms with Crippen molar-refractivity contribution in [2.24, 2.45) is 0 Å². The molecule has 0 saturated heterocycles. The molecule has 6 heteroatoms. The van der Waals surface area contributed by atoms with Gasteiger partial charge < -0.3 is 5.11 Å². The van der Waals surface area contributed by atoms with E-state index in [-0.39, 0.29) is 17.3 Å². The van der Waals surface area contributed by atoms with Gasteiger partial charge in [0.1, 0.15) is 5.82 Å². The maximum absolute atomic E-state index is 13.8. The number of H-pyrrole nitrogens is 1. The molecular formula is C27H22FN3O2. The Hall–Kier alpha value is -4.06. The highest BCUT2D eigenvalue weighted by Crippen LogP contribution is 2.42. The zero-order valence-electron chi connectivity index (χ0n) is 18.5. The second-order valence-electron chi connectivity index (χ2n) is 8.53. The molecule has 5 nitrogen and oxygen atoms in total. The molecule has 2 aromatic heterocycles. The number of carboxylic acids is 1. The number of aryl methyl sites for hydroxylation is 1. The molecular weight excluding hydrogens is 417 g/mol. The number of nitrogens with zero attached hydrogens (tertiary/aromatic N) is 2. The van der Waals surface area contributed by atoms with Gasteiger partial charge in [-0.15, -0.1) is 0 Å². The quantitative estimate of drug-likeness (QED) is 0.326. The Kier molecular flexibility index (Phi) is 4.93. The summed E-state index contributed by atoms with van der Waals surface area (Å²) in [6.07, 6.45) is 1.80. The van der Waals surface area contributed by atoms with Crippen LogP contribution in [0.4, 0.5) is 4.39 Å². The second kappa shape index (κ2) is 7.81. The first-order chi connectivity index (χ1) is 15.8. The van der Waals surface area contributed by atoms with E-state index >= 15 is 0 Å². The minimum Gasteiger partial charge on any atom is -0.478 e. The van der Waals surface area contributed by atoms with Gasteiger partial charge in [0, 0.05) is 21.9 Å². The molecule has 3 aromatic carbocycles.